The van der Waals surface area contributed by atoms with E-state index in [1.165, 1.54) is 30.4 Å². The maximum Gasteiger partial charge on any atom is 0.242 e. The highest BCUT2D eigenvalue weighted by molar-refractivity contribution is 5.85. The smallest absolute Gasteiger partial charge is 0.242 e. The van der Waals surface area contributed by atoms with Crippen molar-refractivity contribution >= 4 is 16.9 Å². The van der Waals surface area contributed by atoms with E-state index >= 15 is 0 Å². The van der Waals surface area contributed by atoms with Crippen LogP contribution in [0.3, 0.4) is 0 Å². The summed E-state index contributed by atoms with van der Waals surface area (Å²) < 4.78 is 2.09. The zero-order valence-corrected chi connectivity index (χ0v) is 17.1. The first kappa shape index (κ1) is 18.7. The molecule has 1 heterocycles. The fourth-order valence-electron chi connectivity index (χ4n) is 4.42. The van der Waals surface area contributed by atoms with Gasteiger partial charge < -0.3 is 9.47 Å². The number of carbonyl (C=O) groups excluding carboxylic acids is 1. The highest BCUT2D eigenvalue weighted by Gasteiger charge is 2.24. The summed E-state index contributed by atoms with van der Waals surface area (Å²) in [5.41, 5.74) is 5.46. The Kier molecular flexibility index (Phi) is 5.21. The van der Waals surface area contributed by atoms with Gasteiger partial charge in [0, 0.05) is 18.7 Å². The standard InChI is InChI=1S/C24H29N3O/c1-17-13-14-20(18(2)15-17)24-25-21-11-7-8-12-22(21)27(24)16-23(28)26(3)19-9-5-4-6-10-19/h7-8,11-15,19H,4-6,9-10,16H2,1-3H3. The molecule has 0 saturated heterocycles. The molecule has 1 aliphatic carbocycles. The molecule has 1 aromatic heterocycles. The van der Waals surface area contributed by atoms with Gasteiger partial charge in [0.15, 0.2) is 0 Å². The predicted molar refractivity (Wildman–Crippen MR) is 114 cm³/mol. The predicted octanol–water partition coefficient (Wildman–Crippen LogP) is 5.11. The highest BCUT2D eigenvalue weighted by Crippen LogP contribution is 2.28. The molecule has 0 radical (unpaired) electrons. The number of benzene rings is 2. The van der Waals surface area contributed by atoms with Gasteiger partial charge in [-0.1, -0.05) is 55.2 Å². The van der Waals surface area contributed by atoms with Gasteiger partial charge in [0.25, 0.3) is 0 Å². The summed E-state index contributed by atoms with van der Waals surface area (Å²) in [6, 6.07) is 14.9. The molecule has 1 fully saturated rings. The minimum absolute atomic E-state index is 0.168. The van der Waals surface area contributed by atoms with Gasteiger partial charge >= 0.3 is 0 Å². The molecule has 0 N–H and O–H groups in total. The third-order valence-electron chi connectivity index (χ3n) is 6.09. The van der Waals surface area contributed by atoms with Gasteiger partial charge in [-0.3, -0.25) is 4.79 Å². The molecule has 0 atom stereocenters. The van der Waals surface area contributed by atoms with Crippen LogP contribution >= 0.6 is 0 Å². The maximum absolute atomic E-state index is 13.2. The summed E-state index contributed by atoms with van der Waals surface area (Å²) in [4.78, 5) is 20.0. The van der Waals surface area contributed by atoms with E-state index in [4.69, 9.17) is 4.98 Å². The Morgan fingerprint density at radius 1 is 1.11 bits per heavy atom. The Bertz CT molecular complexity index is 998. The number of likely N-dealkylation sites (N-methyl/N-ethyl adjacent to an activating group) is 1. The van der Waals surface area contributed by atoms with Gasteiger partial charge in [-0.05, 0) is 44.4 Å². The number of carbonyl (C=O) groups is 1. The minimum Gasteiger partial charge on any atom is -0.341 e. The molecule has 0 aliphatic heterocycles. The van der Waals surface area contributed by atoms with Crippen molar-refractivity contribution in [2.45, 2.75) is 58.5 Å². The van der Waals surface area contributed by atoms with Gasteiger partial charge in [0.05, 0.1) is 11.0 Å². The van der Waals surface area contributed by atoms with Crippen molar-refractivity contribution in [2.75, 3.05) is 7.05 Å². The molecule has 4 nitrogen and oxygen atoms in total. The van der Waals surface area contributed by atoms with E-state index in [1.807, 2.05) is 30.1 Å². The first-order chi connectivity index (χ1) is 13.5. The van der Waals surface area contributed by atoms with Crippen LogP contribution < -0.4 is 0 Å². The summed E-state index contributed by atoms with van der Waals surface area (Å²) in [6.07, 6.45) is 5.99. The van der Waals surface area contributed by atoms with Crippen LogP contribution in [0.15, 0.2) is 42.5 Å². The number of aromatic nitrogens is 2. The van der Waals surface area contributed by atoms with Gasteiger partial charge in [-0.25, -0.2) is 4.98 Å². The molecule has 0 unspecified atom stereocenters. The van der Waals surface area contributed by atoms with Crippen LogP contribution in [-0.2, 0) is 11.3 Å². The monoisotopic (exact) mass is 375 g/mol. The van der Waals surface area contributed by atoms with Crippen LogP contribution in [0.2, 0.25) is 0 Å². The number of para-hydroxylation sites is 2. The van der Waals surface area contributed by atoms with E-state index in [0.29, 0.717) is 12.6 Å². The number of aryl methyl sites for hydroxylation is 2. The molecule has 4 rings (SSSR count). The highest BCUT2D eigenvalue weighted by atomic mass is 16.2. The molecule has 0 spiro atoms. The van der Waals surface area contributed by atoms with Crippen molar-refractivity contribution in [3.8, 4) is 11.4 Å². The average Bonchev–Trinajstić information content (AvgIpc) is 3.06. The van der Waals surface area contributed by atoms with Gasteiger partial charge in [0.1, 0.15) is 12.4 Å². The lowest BCUT2D eigenvalue weighted by Gasteiger charge is -2.31. The molecule has 146 valence electrons. The average molecular weight is 376 g/mol. The third-order valence-corrected chi connectivity index (χ3v) is 6.09. The Labute approximate surface area is 167 Å². The number of hydrogen-bond donors (Lipinski definition) is 0. The Balaban J connectivity index is 1.72. The van der Waals surface area contributed by atoms with E-state index in [9.17, 15) is 4.79 Å². The van der Waals surface area contributed by atoms with Crippen LogP contribution in [0.4, 0.5) is 0 Å². The lowest BCUT2D eigenvalue weighted by molar-refractivity contribution is -0.133. The summed E-state index contributed by atoms with van der Waals surface area (Å²) in [7, 11) is 1.97. The number of hydrogen-bond acceptors (Lipinski definition) is 2. The van der Waals surface area contributed by atoms with Crippen molar-refractivity contribution in [3.05, 3.63) is 53.6 Å². The summed E-state index contributed by atoms with van der Waals surface area (Å²) in [5, 5.41) is 0. The number of fused-ring (bicyclic) bond motifs is 1. The molecule has 0 bridgehead atoms. The lowest BCUT2D eigenvalue weighted by Crippen LogP contribution is -2.40. The molecule has 28 heavy (non-hydrogen) atoms. The molecule has 3 aromatic rings. The molecule has 1 saturated carbocycles. The van der Waals surface area contributed by atoms with Crippen molar-refractivity contribution in [2.24, 2.45) is 0 Å². The Morgan fingerprint density at radius 3 is 2.61 bits per heavy atom. The molecule has 1 amide bonds. The lowest BCUT2D eigenvalue weighted by atomic mass is 9.94. The normalized spacial score (nSPS) is 15.1. The second-order valence-corrected chi connectivity index (χ2v) is 8.13. The summed E-state index contributed by atoms with van der Waals surface area (Å²) in [6.45, 7) is 4.54. The van der Waals surface area contributed by atoms with E-state index in [2.05, 4.69) is 42.7 Å². The zero-order valence-electron chi connectivity index (χ0n) is 17.1. The van der Waals surface area contributed by atoms with Crippen LogP contribution in [0, 0.1) is 13.8 Å². The fraction of sp³-hybridized carbons (Fsp3) is 0.417. The fourth-order valence-corrected chi connectivity index (χ4v) is 4.42. The van der Waals surface area contributed by atoms with E-state index < -0.39 is 0 Å². The molecule has 4 heteroatoms. The first-order valence-electron chi connectivity index (χ1n) is 10.3. The molecular weight excluding hydrogens is 346 g/mol. The maximum atomic E-state index is 13.2. The third kappa shape index (κ3) is 3.56. The number of amides is 1. The van der Waals surface area contributed by atoms with E-state index in [-0.39, 0.29) is 5.91 Å². The quantitative estimate of drug-likeness (QED) is 0.635. The van der Waals surface area contributed by atoms with Crippen molar-refractivity contribution in [3.63, 3.8) is 0 Å². The molecule has 1 aliphatic rings. The first-order valence-corrected chi connectivity index (χ1v) is 10.3. The summed E-state index contributed by atoms with van der Waals surface area (Å²) in [5.74, 6) is 1.05. The van der Waals surface area contributed by atoms with Crippen molar-refractivity contribution < 1.29 is 4.79 Å². The SMILES string of the molecule is Cc1ccc(-c2nc3ccccc3n2CC(=O)N(C)C2CCCCC2)c(C)c1. The largest absolute Gasteiger partial charge is 0.341 e. The topological polar surface area (TPSA) is 38.1 Å². The van der Waals surface area contributed by atoms with Crippen molar-refractivity contribution in [1.29, 1.82) is 0 Å². The Morgan fingerprint density at radius 2 is 1.86 bits per heavy atom. The molecular formula is C24H29N3O. The summed E-state index contributed by atoms with van der Waals surface area (Å²) >= 11 is 0. The molecule has 2 aromatic carbocycles. The van der Waals surface area contributed by atoms with Crippen molar-refractivity contribution in [1.82, 2.24) is 14.5 Å². The number of imidazole rings is 1. The van der Waals surface area contributed by atoms with Gasteiger partial charge in [0.2, 0.25) is 5.91 Å². The van der Waals surface area contributed by atoms with E-state index in [1.54, 1.807) is 0 Å². The zero-order chi connectivity index (χ0) is 19.7. The number of nitrogens with zero attached hydrogens (tertiary/aromatic N) is 3. The van der Waals surface area contributed by atoms with Crippen LogP contribution in [0.5, 0.6) is 0 Å². The van der Waals surface area contributed by atoms with Gasteiger partial charge in [-0.15, -0.1) is 0 Å². The Hall–Kier alpha value is -2.62. The minimum atomic E-state index is 0.168. The van der Waals surface area contributed by atoms with E-state index in [0.717, 1.165) is 35.3 Å². The van der Waals surface area contributed by atoms with Gasteiger partial charge in [-0.2, -0.15) is 0 Å². The second kappa shape index (κ2) is 7.78. The van der Waals surface area contributed by atoms with Crippen LogP contribution in [0.25, 0.3) is 22.4 Å². The second-order valence-electron chi connectivity index (χ2n) is 8.13. The van der Waals surface area contributed by atoms with Crippen LogP contribution in [0.1, 0.15) is 43.2 Å². The van der Waals surface area contributed by atoms with Crippen LogP contribution in [-0.4, -0.2) is 33.4 Å². The number of rotatable bonds is 4.